The summed E-state index contributed by atoms with van der Waals surface area (Å²) in [5.74, 6) is -0.147. The van der Waals surface area contributed by atoms with Gasteiger partial charge in [0, 0.05) is 16.7 Å². The molecule has 0 radical (unpaired) electrons. The summed E-state index contributed by atoms with van der Waals surface area (Å²) >= 11 is 0. The number of hydrogen-bond donors (Lipinski definition) is 5. The van der Waals surface area contributed by atoms with Crippen LogP contribution in [0.15, 0.2) is 0 Å². The topological polar surface area (TPSA) is 101 Å². The summed E-state index contributed by atoms with van der Waals surface area (Å²) in [6.45, 7) is 7.59. The minimum absolute atomic E-state index is 0.0723. The number of rotatable bonds is 0. The Balaban J connectivity index is 1.83. The molecule has 10 atom stereocenters. The lowest BCUT2D eigenvalue weighted by molar-refractivity contribution is -0.178. The van der Waals surface area contributed by atoms with Crippen molar-refractivity contribution in [2.24, 2.45) is 34.5 Å². The molecular formula is C20H34O5. The number of fused-ring (bicyclic) bond motifs is 2. The fraction of sp³-hybridized carbons (Fsp3) is 1.00. The van der Waals surface area contributed by atoms with E-state index in [1.807, 2.05) is 20.8 Å². The molecule has 4 aliphatic rings. The van der Waals surface area contributed by atoms with E-state index in [2.05, 4.69) is 6.92 Å². The summed E-state index contributed by atoms with van der Waals surface area (Å²) < 4.78 is 0. The van der Waals surface area contributed by atoms with Crippen LogP contribution in [0.4, 0.5) is 0 Å². The standard InChI is InChI=1S/C20H34O5/c1-10-11-5-6-12-16(23)19(11,9-18(12,4)24)8-15(22)20(25)13(10)7-14(21)17(20,2)3/h10-16,21-25H,5-9H2,1-4H3/t10-,11-,12+,13-,14-,15-,16+,18+,19-,20-/m0/s1. The van der Waals surface area contributed by atoms with Crippen molar-refractivity contribution < 1.29 is 25.5 Å². The van der Waals surface area contributed by atoms with Gasteiger partial charge in [0.05, 0.1) is 23.9 Å². The van der Waals surface area contributed by atoms with Crippen molar-refractivity contribution in [2.45, 2.75) is 89.3 Å². The van der Waals surface area contributed by atoms with E-state index >= 15 is 0 Å². The highest BCUT2D eigenvalue weighted by Crippen LogP contribution is 2.68. The zero-order chi connectivity index (χ0) is 18.6. The van der Waals surface area contributed by atoms with Crippen LogP contribution in [-0.4, -0.2) is 55.0 Å². The predicted octanol–water partition coefficient (Wildman–Crippen LogP) is 1.05. The van der Waals surface area contributed by atoms with Gasteiger partial charge >= 0.3 is 0 Å². The van der Waals surface area contributed by atoms with Crippen LogP contribution in [0.5, 0.6) is 0 Å². The highest BCUT2D eigenvalue weighted by Gasteiger charge is 2.72. The second-order valence-corrected chi connectivity index (χ2v) is 10.5. The van der Waals surface area contributed by atoms with Crippen LogP contribution in [0.25, 0.3) is 0 Å². The Morgan fingerprint density at radius 3 is 2.08 bits per heavy atom. The third kappa shape index (κ3) is 1.92. The maximum atomic E-state index is 11.7. The second-order valence-electron chi connectivity index (χ2n) is 10.5. The molecule has 0 aromatic heterocycles. The summed E-state index contributed by atoms with van der Waals surface area (Å²) in [6.07, 6.45) is 0.606. The van der Waals surface area contributed by atoms with Gasteiger partial charge in [0.15, 0.2) is 0 Å². The smallest absolute Gasteiger partial charge is 0.101 e. The minimum Gasteiger partial charge on any atom is -0.392 e. The lowest BCUT2D eigenvalue weighted by atomic mass is 9.59. The van der Waals surface area contributed by atoms with E-state index in [0.29, 0.717) is 19.3 Å². The normalized spacial score (nSPS) is 63.0. The van der Waals surface area contributed by atoms with Crippen molar-refractivity contribution >= 4 is 0 Å². The van der Waals surface area contributed by atoms with Crippen molar-refractivity contribution in [1.82, 2.24) is 0 Å². The molecule has 4 rings (SSSR count). The Morgan fingerprint density at radius 2 is 1.44 bits per heavy atom. The van der Waals surface area contributed by atoms with Crippen molar-refractivity contribution in [2.75, 3.05) is 0 Å². The first-order valence-electron chi connectivity index (χ1n) is 9.88. The van der Waals surface area contributed by atoms with E-state index in [1.54, 1.807) is 0 Å². The van der Waals surface area contributed by atoms with Crippen LogP contribution in [0.2, 0.25) is 0 Å². The third-order valence-corrected chi connectivity index (χ3v) is 9.24. The Bertz CT molecular complexity index is 574. The van der Waals surface area contributed by atoms with Crippen LogP contribution in [0.1, 0.15) is 59.8 Å². The SMILES string of the molecule is C[C@H]1[C@@H]2CC[C@@H]3[C@@H](O)[C@@]2(C[C@H](O)[C@@]2(O)[C@H]1C[C@H](O)C2(C)C)C[C@@]3(C)O. The molecule has 0 saturated heterocycles. The van der Waals surface area contributed by atoms with Gasteiger partial charge in [-0.25, -0.2) is 0 Å². The summed E-state index contributed by atoms with van der Waals surface area (Å²) in [7, 11) is 0. The first-order valence-corrected chi connectivity index (χ1v) is 9.88. The van der Waals surface area contributed by atoms with Gasteiger partial charge in [-0.2, -0.15) is 0 Å². The fourth-order valence-electron chi connectivity index (χ4n) is 7.79. The van der Waals surface area contributed by atoms with Gasteiger partial charge < -0.3 is 25.5 Å². The average Bonchev–Trinajstić information content (AvgIpc) is 2.71. The first kappa shape index (κ1) is 18.2. The summed E-state index contributed by atoms with van der Waals surface area (Å²) in [6, 6.07) is 0. The summed E-state index contributed by atoms with van der Waals surface area (Å²) in [4.78, 5) is 0. The minimum atomic E-state index is -1.37. The molecule has 0 unspecified atom stereocenters. The second kappa shape index (κ2) is 4.99. The monoisotopic (exact) mass is 354 g/mol. The largest absolute Gasteiger partial charge is 0.392 e. The van der Waals surface area contributed by atoms with Crippen LogP contribution in [0.3, 0.4) is 0 Å². The molecule has 4 saturated carbocycles. The molecule has 5 N–H and O–H groups in total. The predicted molar refractivity (Wildman–Crippen MR) is 92.5 cm³/mol. The number of aliphatic hydroxyl groups excluding tert-OH is 3. The van der Waals surface area contributed by atoms with Gasteiger partial charge in [-0.3, -0.25) is 0 Å². The van der Waals surface area contributed by atoms with E-state index in [-0.39, 0.29) is 23.7 Å². The highest BCUT2D eigenvalue weighted by molar-refractivity contribution is 5.22. The molecular weight excluding hydrogens is 320 g/mol. The molecule has 4 aliphatic carbocycles. The van der Waals surface area contributed by atoms with Gasteiger partial charge in [0.1, 0.15) is 5.60 Å². The van der Waals surface area contributed by atoms with Crippen molar-refractivity contribution in [1.29, 1.82) is 0 Å². The molecule has 5 nitrogen and oxygen atoms in total. The number of hydrogen-bond acceptors (Lipinski definition) is 5. The average molecular weight is 354 g/mol. The molecule has 0 amide bonds. The van der Waals surface area contributed by atoms with Crippen LogP contribution >= 0.6 is 0 Å². The van der Waals surface area contributed by atoms with Gasteiger partial charge in [-0.15, -0.1) is 0 Å². The summed E-state index contributed by atoms with van der Waals surface area (Å²) in [5.41, 5.74) is -3.65. The highest BCUT2D eigenvalue weighted by atomic mass is 16.4. The Morgan fingerprint density at radius 1 is 0.840 bits per heavy atom. The molecule has 0 heterocycles. The molecule has 25 heavy (non-hydrogen) atoms. The van der Waals surface area contributed by atoms with Gasteiger partial charge in [-0.05, 0) is 56.8 Å². The maximum absolute atomic E-state index is 11.7. The maximum Gasteiger partial charge on any atom is 0.101 e. The van der Waals surface area contributed by atoms with Gasteiger partial charge in [0.2, 0.25) is 0 Å². The molecule has 2 bridgehead atoms. The van der Waals surface area contributed by atoms with Crippen LogP contribution in [0, 0.1) is 34.5 Å². The molecule has 4 fully saturated rings. The molecule has 0 aliphatic heterocycles. The Kier molecular flexibility index (Phi) is 3.63. The van der Waals surface area contributed by atoms with Crippen LogP contribution in [-0.2, 0) is 0 Å². The lowest BCUT2D eigenvalue weighted by Crippen LogP contribution is -2.57. The van der Waals surface area contributed by atoms with E-state index in [1.165, 1.54) is 0 Å². The van der Waals surface area contributed by atoms with Crippen molar-refractivity contribution in [3.63, 3.8) is 0 Å². The third-order valence-electron chi connectivity index (χ3n) is 9.24. The van der Waals surface area contributed by atoms with Crippen LogP contribution < -0.4 is 0 Å². The van der Waals surface area contributed by atoms with E-state index < -0.39 is 40.3 Å². The summed E-state index contributed by atoms with van der Waals surface area (Å²) in [5, 5.41) is 55.4. The molecule has 144 valence electrons. The van der Waals surface area contributed by atoms with Gasteiger partial charge in [-0.1, -0.05) is 20.8 Å². The fourth-order valence-corrected chi connectivity index (χ4v) is 7.79. The molecule has 1 spiro atoms. The van der Waals surface area contributed by atoms with E-state index in [4.69, 9.17) is 0 Å². The first-order chi connectivity index (χ1) is 11.4. The lowest BCUT2D eigenvalue weighted by Gasteiger charge is -2.47. The Labute approximate surface area is 150 Å². The zero-order valence-corrected chi connectivity index (χ0v) is 15.8. The van der Waals surface area contributed by atoms with Crippen molar-refractivity contribution in [3.05, 3.63) is 0 Å². The van der Waals surface area contributed by atoms with E-state index in [9.17, 15) is 25.5 Å². The molecule has 0 aromatic carbocycles. The Hall–Kier alpha value is -0.200. The quantitative estimate of drug-likeness (QED) is 0.448. The van der Waals surface area contributed by atoms with E-state index in [0.717, 1.165) is 12.8 Å². The van der Waals surface area contributed by atoms with Crippen molar-refractivity contribution in [3.8, 4) is 0 Å². The molecule has 5 heteroatoms. The zero-order valence-electron chi connectivity index (χ0n) is 15.8. The number of aliphatic hydroxyl groups is 5. The molecule has 0 aromatic rings. The van der Waals surface area contributed by atoms with Gasteiger partial charge in [0.25, 0.3) is 0 Å².